The molecule has 0 atom stereocenters. The number of hydrogen-bond acceptors (Lipinski definition) is 4. The predicted molar refractivity (Wildman–Crippen MR) is 42.5 cm³/mol. The highest BCUT2D eigenvalue weighted by molar-refractivity contribution is 7.09. The van der Waals surface area contributed by atoms with Crippen LogP contribution >= 0.6 is 11.3 Å². The van der Waals surface area contributed by atoms with Crippen LogP contribution in [0.25, 0.3) is 0 Å². The van der Waals surface area contributed by atoms with E-state index in [1.165, 1.54) is 16.7 Å². The van der Waals surface area contributed by atoms with E-state index in [0.717, 1.165) is 0 Å². The molecule has 0 aliphatic carbocycles. The SMILES string of the molecule is CCOC(=O)c1csc(C[O])n1. The van der Waals surface area contributed by atoms with Crippen LogP contribution in [0.1, 0.15) is 22.4 Å². The second kappa shape index (κ2) is 4.18. The number of esters is 1. The van der Waals surface area contributed by atoms with Gasteiger partial charge in [0, 0.05) is 5.38 Å². The summed E-state index contributed by atoms with van der Waals surface area (Å²) in [5.74, 6) is -0.464. The third-order valence-corrected chi connectivity index (χ3v) is 1.98. The first-order chi connectivity index (χ1) is 5.77. The first kappa shape index (κ1) is 9.15. The zero-order valence-corrected chi connectivity index (χ0v) is 7.39. The lowest BCUT2D eigenvalue weighted by atomic mass is 10.5. The molecule has 0 aliphatic rings. The number of carbonyl (C=O) groups excluding carboxylic acids is 1. The van der Waals surface area contributed by atoms with Crippen molar-refractivity contribution in [3.63, 3.8) is 0 Å². The molecule has 1 rings (SSSR count). The zero-order chi connectivity index (χ0) is 8.97. The van der Waals surface area contributed by atoms with Crippen molar-refractivity contribution in [2.24, 2.45) is 0 Å². The van der Waals surface area contributed by atoms with Gasteiger partial charge in [0.05, 0.1) is 6.61 Å². The van der Waals surface area contributed by atoms with Gasteiger partial charge in [0.2, 0.25) is 0 Å². The van der Waals surface area contributed by atoms with E-state index in [2.05, 4.69) is 9.72 Å². The van der Waals surface area contributed by atoms with Gasteiger partial charge in [0.15, 0.2) is 5.69 Å². The number of rotatable bonds is 3. The van der Waals surface area contributed by atoms with Crippen molar-refractivity contribution in [1.29, 1.82) is 0 Å². The van der Waals surface area contributed by atoms with Gasteiger partial charge in [-0.3, -0.25) is 0 Å². The molecule has 5 heteroatoms. The van der Waals surface area contributed by atoms with Gasteiger partial charge in [-0.25, -0.2) is 14.9 Å². The molecular formula is C7H8NO3S. The number of thiazole rings is 1. The molecule has 0 amide bonds. The topological polar surface area (TPSA) is 59.1 Å². The van der Waals surface area contributed by atoms with Crippen LogP contribution in [-0.4, -0.2) is 17.6 Å². The lowest BCUT2D eigenvalue weighted by molar-refractivity contribution is 0.0520. The fourth-order valence-corrected chi connectivity index (χ4v) is 1.29. The number of nitrogens with zero attached hydrogens (tertiary/aromatic N) is 1. The highest BCUT2D eigenvalue weighted by Gasteiger charge is 2.10. The zero-order valence-electron chi connectivity index (χ0n) is 6.57. The van der Waals surface area contributed by atoms with Gasteiger partial charge >= 0.3 is 5.97 Å². The molecule has 1 heterocycles. The van der Waals surface area contributed by atoms with Crippen molar-refractivity contribution in [2.45, 2.75) is 13.5 Å². The van der Waals surface area contributed by atoms with Crippen molar-refractivity contribution in [1.82, 2.24) is 4.98 Å². The number of carbonyl (C=O) groups is 1. The van der Waals surface area contributed by atoms with Crippen LogP contribution in [0.2, 0.25) is 0 Å². The van der Waals surface area contributed by atoms with Crippen LogP contribution in [-0.2, 0) is 16.5 Å². The van der Waals surface area contributed by atoms with E-state index in [1.807, 2.05) is 0 Å². The molecular weight excluding hydrogens is 178 g/mol. The van der Waals surface area contributed by atoms with Gasteiger partial charge in [0.25, 0.3) is 0 Å². The molecule has 1 radical (unpaired) electrons. The molecule has 0 fully saturated rings. The summed E-state index contributed by atoms with van der Waals surface area (Å²) < 4.78 is 4.69. The van der Waals surface area contributed by atoms with Crippen LogP contribution in [0.4, 0.5) is 0 Å². The van der Waals surface area contributed by atoms with Gasteiger partial charge in [-0.05, 0) is 6.92 Å². The van der Waals surface area contributed by atoms with Crippen LogP contribution in [0.15, 0.2) is 5.38 Å². The number of hydrogen-bond donors (Lipinski definition) is 0. The minimum Gasteiger partial charge on any atom is -0.461 e. The lowest BCUT2D eigenvalue weighted by Crippen LogP contribution is -2.04. The summed E-state index contributed by atoms with van der Waals surface area (Å²) in [4.78, 5) is 14.8. The fourth-order valence-electron chi connectivity index (χ4n) is 0.676. The van der Waals surface area contributed by atoms with Crippen molar-refractivity contribution in [3.05, 3.63) is 16.1 Å². The molecule has 0 unspecified atom stereocenters. The van der Waals surface area contributed by atoms with Crippen molar-refractivity contribution >= 4 is 17.3 Å². The van der Waals surface area contributed by atoms with E-state index in [9.17, 15) is 9.90 Å². The van der Waals surface area contributed by atoms with E-state index in [0.29, 0.717) is 11.6 Å². The summed E-state index contributed by atoms with van der Waals surface area (Å²) in [6.07, 6.45) is 0. The molecule has 0 saturated heterocycles. The molecule has 4 nitrogen and oxygen atoms in total. The minimum absolute atomic E-state index is 0.229. The summed E-state index contributed by atoms with van der Waals surface area (Å²) in [5, 5.41) is 12.3. The highest BCUT2D eigenvalue weighted by Crippen LogP contribution is 2.10. The molecule has 65 valence electrons. The third kappa shape index (κ3) is 2.02. The molecule has 0 aromatic carbocycles. The van der Waals surface area contributed by atoms with E-state index >= 15 is 0 Å². The Balaban J connectivity index is 2.68. The largest absolute Gasteiger partial charge is 0.461 e. The molecule has 1 aromatic heterocycles. The second-order valence-electron chi connectivity index (χ2n) is 1.99. The third-order valence-electron chi connectivity index (χ3n) is 1.16. The Morgan fingerprint density at radius 1 is 1.75 bits per heavy atom. The van der Waals surface area contributed by atoms with Gasteiger partial charge in [0.1, 0.15) is 11.6 Å². The Morgan fingerprint density at radius 3 is 3.00 bits per heavy atom. The monoisotopic (exact) mass is 186 g/mol. The summed E-state index contributed by atoms with van der Waals surface area (Å²) in [5.41, 5.74) is 0.229. The first-order valence-electron chi connectivity index (χ1n) is 3.47. The smallest absolute Gasteiger partial charge is 0.357 e. The highest BCUT2D eigenvalue weighted by atomic mass is 32.1. The number of aromatic nitrogens is 1. The van der Waals surface area contributed by atoms with E-state index in [4.69, 9.17) is 0 Å². The van der Waals surface area contributed by atoms with Crippen LogP contribution in [0, 0.1) is 0 Å². The van der Waals surface area contributed by atoms with E-state index in [1.54, 1.807) is 6.92 Å². The summed E-state index contributed by atoms with van der Waals surface area (Å²) in [6.45, 7) is 1.66. The van der Waals surface area contributed by atoms with E-state index in [-0.39, 0.29) is 12.3 Å². The van der Waals surface area contributed by atoms with Crippen molar-refractivity contribution < 1.29 is 14.6 Å². The Morgan fingerprint density at radius 2 is 2.50 bits per heavy atom. The van der Waals surface area contributed by atoms with Crippen LogP contribution < -0.4 is 0 Å². The van der Waals surface area contributed by atoms with Crippen molar-refractivity contribution in [2.75, 3.05) is 6.61 Å². The van der Waals surface area contributed by atoms with Gasteiger partial charge in [-0.15, -0.1) is 11.3 Å². The molecule has 1 aromatic rings. The quantitative estimate of drug-likeness (QED) is 0.667. The molecule has 0 saturated carbocycles. The maximum atomic E-state index is 11.0. The Kier molecular flexibility index (Phi) is 3.19. The molecule has 0 spiro atoms. The molecule has 0 bridgehead atoms. The maximum Gasteiger partial charge on any atom is 0.357 e. The second-order valence-corrected chi connectivity index (χ2v) is 2.93. The molecule has 0 N–H and O–H groups in total. The predicted octanol–water partition coefficient (Wildman–Crippen LogP) is 1.25. The molecule has 0 aliphatic heterocycles. The normalized spacial score (nSPS) is 9.83. The first-order valence-corrected chi connectivity index (χ1v) is 4.35. The van der Waals surface area contributed by atoms with Crippen LogP contribution in [0.3, 0.4) is 0 Å². The summed E-state index contributed by atoms with van der Waals surface area (Å²) in [6, 6.07) is 0. The fraction of sp³-hybridized carbons (Fsp3) is 0.429. The van der Waals surface area contributed by atoms with Gasteiger partial charge < -0.3 is 4.74 Å². The van der Waals surface area contributed by atoms with Gasteiger partial charge in [-0.2, -0.15) is 0 Å². The Hall–Kier alpha value is -0.940. The van der Waals surface area contributed by atoms with E-state index < -0.39 is 5.97 Å². The average molecular weight is 186 g/mol. The standard InChI is InChI=1S/C7H8NO3S/c1-2-11-7(10)5-4-12-6(3-9)8-5/h4H,2-3H2,1H3. The van der Waals surface area contributed by atoms with Gasteiger partial charge in [-0.1, -0.05) is 0 Å². The summed E-state index contributed by atoms with van der Waals surface area (Å²) in [7, 11) is 0. The minimum atomic E-state index is -0.464. The Bertz CT molecular complexity index is 271. The molecule has 12 heavy (non-hydrogen) atoms. The maximum absolute atomic E-state index is 11.0. The number of ether oxygens (including phenoxy) is 1. The Labute approximate surface area is 73.8 Å². The van der Waals surface area contributed by atoms with Crippen molar-refractivity contribution in [3.8, 4) is 0 Å². The van der Waals surface area contributed by atoms with Crippen LogP contribution in [0.5, 0.6) is 0 Å². The lowest BCUT2D eigenvalue weighted by Gasteiger charge is -1.95. The summed E-state index contributed by atoms with van der Waals surface area (Å²) >= 11 is 1.18. The average Bonchev–Trinajstić information content (AvgIpc) is 2.52.